The lowest BCUT2D eigenvalue weighted by Gasteiger charge is -2.34. The molecule has 3 rings (SSSR count). The number of epoxide rings is 1. The number of Topliss-reactive ketones (excluding diaryl/α,β-unsaturated/α-hetero) is 1. The smallest absolute Gasteiger partial charge is 0.309 e. The molecular formula is C28H41NO6. The summed E-state index contributed by atoms with van der Waals surface area (Å²) in [5, 5.41) is 21.7. The van der Waals surface area contributed by atoms with Gasteiger partial charge in [-0.05, 0) is 56.4 Å². The van der Waals surface area contributed by atoms with Crippen molar-refractivity contribution in [1.82, 2.24) is 4.98 Å². The number of aliphatic hydroxyl groups excluding tert-OH is 2. The van der Waals surface area contributed by atoms with Crippen LogP contribution in [0.5, 0.6) is 0 Å². The first-order valence-corrected chi connectivity index (χ1v) is 12.7. The second-order valence-corrected chi connectivity index (χ2v) is 11.2. The fourth-order valence-corrected chi connectivity index (χ4v) is 5.08. The van der Waals surface area contributed by atoms with E-state index in [1.807, 2.05) is 38.1 Å². The molecule has 0 radical (unpaired) electrons. The third-order valence-electron chi connectivity index (χ3n) is 7.98. The van der Waals surface area contributed by atoms with Gasteiger partial charge in [0.15, 0.2) is 0 Å². The van der Waals surface area contributed by atoms with Gasteiger partial charge in [0.2, 0.25) is 0 Å². The highest BCUT2D eigenvalue weighted by Gasteiger charge is 2.53. The molecule has 0 aromatic carbocycles. The lowest BCUT2D eigenvalue weighted by Crippen LogP contribution is -2.45. The number of ether oxygens (including phenoxy) is 2. The van der Waals surface area contributed by atoms with Gasteiger partial charge in [0.1, 0.15) is 11.9 Å². The summed E-state index contributed by atoms with van der Waals surface area (Å²) in [7, 11) is 0. The highest BCUT2D eigenvalue weighted by atomic mass is 16.6. The van der Waals surface area contributed by atoms with E-state index in [2.05, 4.69) is 11.9 Å². The number of hydrogen-bond acceptors (Lipinski definition) is 7. The molecule has 1 aromatic heterocycles. The molecule has 7 atom stereocenters. The van der Waals surface area contributed by atoms with Crippen molar-refractivity contribution in [3.63, 3.8) is 0 Å². The van der Waals surface area contributed by atoms with Crippen molar-refractivity contribution in [2.24, 2.45) is 17.3 Å². The van der Waals surface area contributed by atoms with Crippen LogP contribution in [-0.4, -0.2) is 57.0 Å². The first kappa shape index (κ1) is 27.5. The van der Waals surface area contributed by atoms with E-state index >= 15 is 0 Å². The average molecular weight is 488 g/mol. The van der Waals surface area contributed by atoms with Gasteiger partial charge in [0.25, 0.3) is 0 Å². The Labute approximate surface area is 208 Å². The van der Waals surface area contributed by atoms with E-state index < -0.39 is 35.6 Å². The van der Waals surface area contributed by atoms with E-state index in [-0.39, 0.29) is 29.8 Å². The van der Waals surface area contributed by atoms with Crippen LogP contribution in [0.25, 0.3) is 6.08 Å². The molecule has 35 heavy (non-hydrogen) atoms. The van der Waals surface area contributed by atoms with Crippen molar-refractivity contribution in [2.75, 3.05) is 0 Å². The van der Waals surface area contributed by atoms with Gasteiger partial charge in [0.05, 0.1) is 41.4 Å². The number of aliphatic hydroxyl groups is 2. The first-order chi connectivity index (χ1) is 16.3. The van der Waals surface area contributed by atoms with E-state index in [0.29, 0.717) is 6.42 Å². The van der Waals surface area contributed by atoms with E-state index in [4.69, 9.17) is 9.47 Å². The number of hydrogen-bond donors (Lipinski definition) is 2. The lowest BCUT2D eigenvalue weighted by atomic mass is 9.73. The molecule has 194 valence electrons. The van der Waals surface area contributed by atoms with Gasteiger partial charge in [-0.3, -0.25) is 14.6 Å². The predicted molar refractivity (Wildman–Crippen MR) is 133 cm³/mol. The zero-order valence-electron chi connectivity index (χ0n) is 21.9. The van der Waals surface area contributed by atoms with Gasteiger partial charge in [-0.1, -0.05) is 40.2 Å². The molecule has 2 aliphatic rings. The molecule has 0 amide bonds. The molecule has 0 saturated carbocycles. The van der Waals surface area contributed by atoms with E-state index in [1.165, 1.54) is 0 Å². The Morgan fingerprint density at radius 3 is 2.54 bits per heavy atom. The minimum absolute atomic E-state index is 0.0533. The maximum atomic E-state index is 13.2. The number of aromatic nitrogens is 1. The van der Waals surface area contributed by atoms with E-state index in [0.717, 1.165) is 30.5 Å². The number of rotatable bonds is 2. The normalized spacial score (nSPS) is 37.3. The van der Waals surface area contributed by atoms with Gasteiger partial charge in [-0.15, -0.1) is 0 Å². The summed E-state index contributed by atoms with van der Waals surface area (Å²) in [6.07, 6.45) is 3.60. The largest absolute Gasteiger partial charge is 0.458 e. The number of nitrogens with zero attached hydrogens (tertiary/aromatic N) is 1. The molecule has 0 unspecified atom stereocenters. The standard InChI is InChI=1S/C28H41NO6/c1-17-10-9-12-28(6)23(35-28)15-21(18(2)14-20-11-7-8-13-29-20)34-24(31)16-22(30)27(4,5)26(33)19(3)25(17)32/h7-8,11,13-14,17,19,21-23,25,30,32H,9-10,12,15-16H2,1-6H3/t17-,19+,21-,22-,23-,25-,28+/m0/s1. The minimum atomic E-state index is -1.23. The highest BCUT2D eigenvalue weighted by Crippen LogP contribution is 2.45. The first-order valence-electron chi connectivity index (χ1n) is 12.7. The monoisotopic (exact) mass is 487 g/mol. The van der Waals surface area contributed by atoms with E-state index in [1.54, 1.807) is 27.0 Å². The zero-order chi connectivity index (χ0) is 26.0. The predicted octanol–water partition coefficient (Wildman–Crippen LogP) is 4.11. The van der Waals surface area contributed by atoms with Crippen LogP contribution in [-0.2, 0) is 19.1 Å². The van der Waals surface area contributed by atoms with Crippen molar-refractivity contribution in [1.29, 1.82) is 0 Å². The molecular weight excluding hydrogens is 446 g/mol. The van der Waals surface area contributed by atoms with Gasteiger partial charge in [-0.25, -0.2) is 0 Å². The van der Waals surface area contributed by atoms with Gasteiger partial charge in [-0.2, -0.15) is 0 Å². The molecule has 0 bridgehead atoms. The number of cyclic esters (lactones) is 1. The third-order valence-corrected chi connectivity index (χ3v) is 7.98. The Bertz CT molecular complexity index is 929. The van der Waals surface area contributed by atoms with Crippen LogP contribution in [0.1, 0.15) is 79.3 Å². The van der Waals surface area contributed by atoms with Crippen LogP contribution >= 0.6 is 0 Å². The maximum absolute atomic E-state index is 13.2. The molecule has 2 saturated heterocycles. The summed E-state index contributed by atoms with van der Waals surface area (Å²) >= 11 is 0. The zero-order valence-corrected chi connectivity index (χ0v) is 21.9. The topological polar surface area (TPSA) is 109 Å². The second-order valence-electron chi connectivity index (χ2n) is 11.2. The van der Waals surface area contributed by atoms with Crippen LogP contribution in [0.2, 0.25) is 0 Å². The van der Waals surface area contributed by atoms with Crippen LogP contribution in [0.15, 0.2) is 30.0 Å². The summed E-state index contributed by atoms with van der Waals surface area (Å²) in [6, 6.07) is 5.62. The SMILES string of the molecule is CC(=Cc1ccccn1)[C@@H]1C[C@@H]2O[C@]2(C)CCC[C@H](C)[C@H](O)[C@@H](C)C(=O)C(C)(C)[C@@H](O)CC(=O)O1. The molecule has 0 aliphatic carbocycles. The number of carbonyl (C=O) groups excluding carboxylic acids is 2. The number of esters is 1. The summed E-state index contributed by atoms with van der Waals surface area (Å²) in [5.41, 5.74) is 0.0933. The number of pyridine rings is 1. The quantitative estimate of drug-likeness (QED) is 0.477. The Morgan fingerprint density at radius 2 is 1.89 bits per heavy atom. The number of fused-ring (bicyclic) bond motifs is 1. The molecule has 3 heterocycles. The lowest BCUT2D eigenvalue weighted by molar-refractivity contribution is -0.154. The Hall–Kier alpha value is -2.09. The molecule has 2 fully saturated rings. The minimum Gasteiger partial charge on any atom is -0.458 e. The van der Waals surface area contributed by atoms with Crippen LogP contribution in [0, 0.1) is 17.3 Å². The molecule has 7 nitrogen and oxygen atoms in total. The number of ketones is 1. The van der Waals surface area contributed by atoms with Crippen molar-refractivity contribution in [2.45, 2.75) is 104 Å². The van der Waals surface area contributed by atoms with Crippen LogP contribution < -0.4 is 0 Å². The second kappa shape index (κ2) is 10.9. The highest BCUT2D eigenvalue weighted by molar-refractivity contribution is 5.88. The van der Waals surface area contributed by atoms with E-state index in [9.17, 15) is 19.8 Å². The molecule has 7 heteroatoms. The average Bonchev–Trinajstić information content (AvgIpc) is 3.45. The number of carbonyl (C=O) groups is 2. The molecule has 1 aromatic rings. The van der Waals surface area contributed by atoms with Gasteiger partial charge >= 0.3 is 5.97 Å². The Kier molecular flexibility index (Phi) is 8.56. The fourth-order valence-electron chi connectivity index (χ4n) is 5.08. The molecule has 2 aliphatic heterocycles. The summed E-state index contributed by atoms with van der Waals surface area (Å²) in [4.78, 5) is 30.5. The summed E-state index contributed by atoms with van der Waals surface area (Å²) < 4.78 is 11.9. The van der Waals surface area contributed by atoms with Crippen molar-refractivity contribution < 1.29 is 29.3 Å². The molecule has 2 N–H and O–H groups in total. The third kappa shape index (κ3) is 6.57. The summed E-state index contributed by atoms with van der Waals surface area (Å²) in [5.74, 6) is -1.56. The van der Waals surface area contributed by atoms with Gasteiger partial charge in [0, 0.05) is 18.5 Å². The van der Waals surface area contributed by atoms with Gasteiger partial charge < -0.3 is 19.7 Å². The van der Waals surface area contributed by atoms with Crippen molar-refractivity contribution in [3.05, 3.63) is 35.7 Å². The fraction of sp³-hybridized carbons (Fsp3) is 0.679. The maximum Gasteiger partial charge on any atom is 0.309 e. The molecule has 0 spiro atoms. The van der Waals surface area contributed by atoms with Crippen molar-refractivity contribution >= 4 is 17.8 Å². The summed E-state index contributed by atoms with van der Waals surface area (Å²) in [6.45, 7) is 10.9. The Morgan fingerprint density at radius 1 is 1.17 bits per heavy atom. The van der Waals surface area contributed by atoms with Crippen LogP contribution in [0.3, 0.4) is 0 Å². The van der Waals surface area contributed by atoms with Crippen molar-refractivity contribution in [3.8, 4) is 0 Å². The van der Waals surface area contributed by atoms with Crippen LogP contribution in [0.4, 0.5) is 0 Å². The Balaban J connectivity index is 1.86.